The molecule has 0 bridgehead atoms. The van der Waals surface area contributed by atoms with E-state index in [1.165, 1.54) is 148 Å². The van der Waals surface area contributed by atoms with Crippen LogP contribution in [0.1, 0.15) is 148 Å². The van der Waals surface area contributed by atoms with Crippen LogP contribution in [0.25, 0.3) is 0 Å². The number of nitrogens with zero attached hydrogens (tertiary/aromatic N) is 1. The topological polar surface area (TPSA) is 178 Å². The first-order chi connectivity index (χ1) is 24.7. The summed E-state index contributed by atoms with van der Waals surface area (Å²) in [4.78, 5) is 2.58. The number of aliphatic hydroxyl groups excluding tert-OH is 5. The number of unbranched alkanes of at least 4 members (excludes halogenated alkanes) is 19. The fraction of sp³-hybridized carbons (Fsp3) is 1.00. The molecule has 0 aromatic heterocycles. The smallest absolute Gasteiger partial charge is 0.186 e. The van der Waals surface area contributed by atoms with E-state index in [9.17, 15) is 29.7 Å². The van der Waals surface area contributed by atoms with Crippen molar-refractivity contribution in [3.05, 3.63) is 0 Å². The van der Waals surface area contributed by atoms with Crippen LogP contribution in [-0.2, 0) is 20.3 Å². The van der Waals surface area contributed by atoms with Gasteiger partial charge in [-0.1, -0.05) is 129 Å². The van der Waals surface area contributed by atoms with E-state index in [1.54, 1.807) is 6.26 Å². The average molecular weight is 752 g/mol. The monoisotopic (exact) mass is 752 g/mol. The minimum absolute atomic E-state index is 0.0672. The predicted molar refractivity (Wildman–Crippen MR) is 209 cm³/mol. The van der Waals surface area contributed by atoms with Gasteiger partial charge >= 0.3 is 0 Å². The summed E-state index contributed by atoms with van der Waals surface area (Å²) in [5.74, 6) is 0.894. The van der Waals surface area contributed by atoms with E-state index in [0.717, 1.165) is 25.0 Å². The number of hydrogen-bond acceptors (Lipinski definition) is 11. The molecule has 51 heavy (non-hydrogen) atoms. The molecule has 0 radical (unpaired) electrons. The van der Waals surface area contributed by atoms with Gasteiger partial charge in [0.15, 0.2) is 6.29 Å². The quantitative estimate of drug-likeness (QED) is 0.0519. The zero-order valence-corrected chi connectivity index (χ0v) is 33.5. The summed E-state index contributed by atoms with van der Waals surface area (Å²) in [6, 6.07) is -0.653. The van der Waals surface area contributed by atoms with Crippen LogP contribution in [0, 0.1) is 0 Å². The fourth-order valence-corrected chi connectivity index (χ4v) is 7.35. The summed E-state index contributed by atoms with van der Waals surface area (Å²) in [5.41, 5.74) is 5.98. The lowest BCUT2D eigenvalue weighted by Crippen LogP contribution is -2.59. The Morgan fingerprint density at radius 3 is 1.76 bits per heavy atom. The van der Waals surface area contributed by atoms with Gasteiger partial charge in [-0.25, -0.2) is 0 Å². The number of aliphatic hydroxyl groups is 5. The van der Waals surface area contributed by atoms with Gasteiger partial charge in [0.05, 0.1) is 25.4 Å². The van der Waals surface area contributed by atoms with Gasteiger partial charge < -0.3 is 51.0 Å². The molecule has 2 fully saturated rings. The standard InChI is InChI=1S/C24H49NO7.C15H32N2OS/c1-2-3-4-5-6-7-8-9-10-11-12-13-14-15-19(27)18(25)17-31-24-23(30)22(29)21(28)20(16-26)32-24;1-19(18)15-9-7-5-3-2-4-6-8-12-17-13-10-16-11-14-17/h18-24,26-30H,2-17,25H2,1H3;16H,2-15H2,1H3. The van der Waals surface area contributed by atoms with Gasteiger partial charge in [-0.2, -0.15) is 0 Å². The second kappa shape index (κ2) is 33.1. The minimum atomic E-state index is -1.49. The summed E-state index contributed by atoms with van der Waals surface area (Å²) in [6.45, 7) is 7.77. The predicted octanol–water partition coefficient (Wildman–Crippen LogP) is 4.36. The normalized spacial score (nSPS) is 24.5. The molecule has 2 rings (SSSR count). The van der Waals surface area contributed by atoms with Gasteiger partial charge in [0.1, 0.15) is 24.4 Å². The zero-order chi connectivity index (χ0) is 37.5. The molecule has 306 valence electrons. The lowest BCUT2D eigenvalue weighted by Gasteiger charge is -2.40. The van der Waals surface area contributed by atoms with E-state index < -0.39 is 60.3 Å². The van der Waals surface area contributed by atoms with Crippen LogP contribution in [0.5, 0.6) is 0 Å². The molecule has 8 atom stereocenters. The molecule has 2 saturated heterocycles. The van der Waals surface area contributed by atoms with Crippen LogP contribution < -0.4 is 11.1 Å². The van der Waals surface area contributed by atoms with Crippen LogP contribution in [-0.4, -0.2) is 135 Å². The SMILES string of the molecule is CCCCCCCCCCCCCCCC(O)C(N)COC1OC(CO)C(O)C(O)C1O.CS(=O)CCCCCCCCCCN1CCNCC1. The lowest BCUT2D eigenvalue weighted by molar-refractivity contribution is -0.302. The van der Waals surface area contributed by atoms with Gasteiger partial charge in [0, 0.05) is 49.0 Å². The van der Waals surface area contributed by atoms with Crippen molar-refractivity contribution >= 4 is 10.8 Å². The maximum Gasteiger partial charge on any atom is 0.186 e. The third-order valence-electron chi connectivity index (χ3n) is 10.3. The summed E-state index contributed by atoms with van der Waals surface area (Å²) < 4.78 is 21.6. The first-order valence-corrected chi connectivity index (χ1v) is 22.5. The second-order valence-corrected chi connectivity index (χ2v) is 16.5. The van der Waals surface area contributed by atoms with E-state index in [0.29, 0.717) is 6.42 Å². The van der Waals surface area contributed by atoms with Crippen molar-refractivity contribution < 1.29 is 39.2 Å². The minimum Gasteiger partial charge on any atom is -0.394 e. The lowest BCUT2D eigenvalue weighted by atomic mass is 9.99. The second-order valence-electron chi connectivity index (χ2n) is 15.0. The molecule has 2 aliphatic heterocycles. The Labute approximate surface area is 314 Å². The molecule has 2 heterocycles. The van der Waals surface area contributed by atoms with Crippen molar-refractivity contribution in [1.82, 2.24) is 10.2 Å². The third kappa shape index (κ3) is 25.5. The Morgan fingerprint density at radius 2 is 1.25 bits per heavy atom. The number of nitrogens with two attached hydrogens (primary N) is 1. The highest BCUT2D eigenvalue weighted by Crippen LogP contribution is 2.22. The van der Waals surface area contributed by atoms with Crippen LogP contribution in [0.2, 0.25) is 0 Å². The molecule has 11 nitrogen and oxygen atoms in total. The van der Waals surface area contributed by atoms with Crippen molar-refractivity contribution in [3.8, 4) is 0 Å². The van der Waals surface area contributed by atoms with E-state index >= 15 is 0 Å². The molecule has 0 aromatic carbocycles. The Hall–Kier alpha value is -0.250. The Morgan fingerprint density at radius 1 is 0.765 bits per heavy atom. The molecule has 0 aromatic rings. The summed E-state index contributed by atoms with van der Waals surface area (Å²) >= 11 is 0. The highest BCUT2D eigenvalue weighted by atomic mass is 32.2. The molecule has 0 aliphatic carbocycles. The molecular weight excluding hydrogens is 671 g/mol. The Kier molecular flexibility index (Phi) is 31.7. The molecule has 0 amide bonds. The summed E-state index contributed by atoms with van der Waals surface area (Å²) in [6.07, 6.45) is 22.1. The fourth-order valence-electron chi connectivity index (χ4n) is 6.74. The highest BCUT2D eigenvalue weighted by molar-refractivity contribution is 7.84. The van der Waals surface area contributed by atoms with Gasteiger partial charge in [-0.15, -0.1) is 0 Å². The maximum atomic E-state index is 10.9. The Bertz CT molecular complexity index is 796. The number of hydrogen-bond donors (Lipinski definition) is 7. The molecule has 0 spiro atoms. The average Bonchev–Trinajstić information content (AvgIpc) is 3.13. The summed E-state index contributed by atoms with van der Waals surface area (Å²) in [5, 5.41) is 52.4. The van der Waals surface area contributed by atoms with Crippen LogP contribution in [0.3, 0.4) is 0 Å². The highest BCUT2D eigenvalue weighted by Gasteiger charge is 2.44. The van der Waals surface area contributed by atoms with Crippen LogP contribution >= 0.6 is 0 Å². The number of ether oxygens (including phenoxy) is 2. The molecule has 8 unspecified atom stereocenters. The van der Waals surface area contributed by atoms with E-state index in [2.05, 4.69) is 17.1 Å². The van der Waals surface area contributed by atoms with E-state index in [4.69, 9.17) is 15.2 Å². The van der Waals surface area contributed by atoms with Crippen LogP contribution in [0.4, 0.5) is 0 Å². The number of nitrogens with one attached hydrogen (secondary N) is 1. The summed E-state index contributed by atoms with van der Waals surface area (Å²) in [7, 11) is -0.589. The molecule has 8 N–H and O–H groups in total. The third-order valence-corrected chi connectivity index (χ3v) is 11.1. The van der Waals surface area contributed by atoms with Gasteiger partial charge in [-0.05, 0) is 25.8 Å². The van der Waals surface area contributed by atoms with Crippen molar-refractivity contribution in [2.45, 2.75) is 191 Å². The first-order valence-electron chi connectivity index (χ1n) is 20.8. The Balaban J connectivity index is 0.000000581. The largest absolute Gasteiger partial charge is 0.394 e. The molecule has 2 aliphatic rings. The van der Waals surface area contributed by atoms with Gasteiger partial charge in [-0.3, -0.25) is 4.21 Å². The molecule has 0 saturated carbocycles. The molecular formula is C39H81N3O8S. The van der Waals surface area contributed by atoms with Crippen molar-refractivity contribution in [1.29, 1.82) is 0 Å². The first kappa shape index (κ1) is 48.8. The molecule has 12 heteroatoms. The van der Waals surface area contributed by atoms with E-state index in [1.807, 2.05) is 0 Å². The number of piperazine rings is 1. The van der Waals surface area contributed by atoms with Crippen molar-refractivity contribution in [2.75, 3.05) is 57.9 Å². The van der Waals surface area contributed by atoms with Gasteiger partial charge in [0.25, 0.3) is 0 Å². The van der Waals surface area contributed by atoms with Gasteiger partial charge in [0.2, 0.25) is 0 Å². The number of rotatable bonds is 30. The maximum absolute atomic E-state index is 10.9. The van der Waals surface area contributed by atoms with Crippen LogP contribution in [0.15, 0.2) is 0 Å². The zero-order valence-electron chi connectivity index (χ0n) is 32.6. The van der Waals surface area contributed by atoms with Crippen molar-refractivity contribution in [2.24, 2.45) is 5.73 Å². The van der Waals surface area contributed by atoms with Crippen molar-refractivity contribution in [3.63, 3.8) is 0 Å². The van der Waals surface area contributed by atoms with E-state index in [-0.39, 0.29) is 6.61 Å².